The summed E-state index contributed by atoms with van der Waals surface area (Å²) < 4.78 is 5.14. The summed E-state index contributed by atoms with van der Waals surface area (Å²) in [4.78, 5) is 28.4. The van der Waals surface area contributed by atoms with Crippen LogP contribution in [-0.2, 0) is 16.1 Å². The zero-order chi connectivity index (χ0) is 18.7. The number of amides is 2. The molecule has 2 amide bonds. The normalized spacial score (nSPS) is 16.7. The predicted octanol–water partition coefficient (Wildman–Crippen LogP) is 3.36. The first-order valence-corrected chi connectivity index (χ1v) is 8.79. The van der Waals surface area contributed by atoms with Crippen LogP contribution in [0.4, 0.5) is 5.69 Å². The molecular formula is C20H21ClN2O3. The summed E-state index contributed by atoms with van der Waals surface area (Å²) >= 11 is 5.89. The molecule has 1 heterocycles. The van der Waals surface area contributed by atoms with Gasteiger partial charge in [0.2, 0.25) is 11.8 Å². The highest BCUT2D eigenvalue weighted by molar-refractivity contribution is 6.30. The monoisotopic (exact) mass is 372 g/mol. The van der Waals surface area contributed by atoms with Crippen LogP contribution in [0, 0.1) is 5.92 Å². The molecule has 1 atom stereocenters. The predicted molar refractivity (Wildman–Crippen MR) is 101 cm³/mol. The second-order valence-electron chi connectivity index (χ2n) is 6.42. The van der Waals surface area contributed by atoms with Gasteiger partial charge in [-0.05, 0) is 42.0 Å². The highest BCUT2D eigenvalue weighted by Crippen LogP contribution is 2.28. The zero-order valence-electron chi connectivity index (χ0n) is 14.8. The van der Waals surface area contributed by atoms with Crippen LogP contribution < -0.4 is 9.64 Å². The topological polar surface area (TPSA) is 49.9 Å². The van der Waals surface area contributed by atoms with Gasteiger partial charge in [-0.3, -0.25) is 9.59 Å². The van der Waals surface area contributed by atoms with Gasteiger partial charge in [0.1, 0.15) is 5.75 Å². The minimum absolute atomic E-state index is 0.0238. The SMILES string of the molecule is COc1ccc(N2CC(C(=O)N(C)Cc3ccc(Cl)cc3)CC2=O)cc1. The number of benzene rings is 2. The molecule has 2 aromatic rings. The van der Waals surface area contributed by atoms with E-state index >= 15 is 0 Å². The number of hydrogen-bond acceptors (Lipinski definition) is 3. The molecule has 5 nitrogen and oxygen atoms in total. The maximum absolute atomic E-state index is 12.7. The van der Waals surface area contributed by atoms with Crippen molar-refractivity contribution < 1.29 is 14.3 Å². The molecule has 3 rings (SSSR count). The Morgan fingerprint density at radius 1 is 1.19 bits per heavy atom. The molecule has 0 aliphatic carbocycles. The molecule has 0 N–H and O–H groups in total. The molecule has 2 aromatic carbocycles. The van der Waals surface area contributed by atoms with E-state index in [1.54, 1.807) is 36.1 Å². The van der Waals surface area contributed by atoms with E-state index in [-0.39, 0.29) is 24.2 Å². The molecule has 1 aliphatic rings. The molecular weight excluding hydrogens is 352 g/mol. The van der Waals surface area contributed by atoms with Gasteiger partial charge in [-0.15, -0.1) is 0 Å². The van der Waals surface area contributed by atoms with Crippen molar-refractivity contribution in [3.63, 3.8) is 0 Å². The fourth-order valence-electron chi connectivity index (χ4n) is 3.14. The fraction of sp³-hybridized carbons (Fsp3) is 0.300. The highest BCUT2D eigenvalue weighted by atomic mass is 35.5. The molecule has 1 unspecified atom stereocenters. The van der Waals surface area contributed by atoms with Gasteiger partial charge >= 0.3 is 0 Å². The minimum Gasteiger partial charge on any atom is -0.497 e. The van der Waals surface area contributed by atoms with Crippen LogP contribution in [0.1, 0.15) is 12.0 Å². The first-order valence-electron chi connectivity index (χ1n) is 8.42. The van der Waals surface area contributed by atoms with Crippen LogP contribution in [0.2, 0.25) is 5.02 Å². The van der Waals surface area contributed by atoms with Crippen molar-refractivity contribution in [1.82, 2.24) is 4.90 Å². The highest BCUT2D eigenvalue weighted by Gasteiger charge is 2.36. The molecule has 6 heteroatoms. The minimum atomic E-state index is -0.332. The van der Waals surface area contributed by atoms with Crippen molar-refractivity contribution in [3.05, 3.63) is 59.1 Å². The smallest absolute Gasteiger partial charge is 0.228 e. The number of carbonyl (C=O) groups excluding carboxylic acids is 2. The van der Waals surface area contributed by atoms with Crippen LogP contribution in [0.25, 0.3) is 0 Å². The lowest BCUT2D eigenvalue weighted by Gasteiger charge is -2.21. The van der Waals surface area contributed by atoms with E-state index in [4.69, 9.17) is 16.3 Å². The Balaban J connectivity index is 1.64. The molecule has 0 bridgehead atoms. The van der Waals surface area contributed by atoms with Gasteiger partial charge in [0.25, 0.3) is 0 Å². The van der Waals surface area contributed by atoms with E-state index in [1.165, 1.54) is 0 Å². The Labute approximate surface area is 158 Å². The maximum atomic E-state index is 12.7. The van der Waals surface area contributed by atoms with Crippen molar-refractivity contribution in [2.24, 2.45) is 5.92 Å². The van der Waals surface area contributed by atoms with Crippen LogP contribution in [0.15, 0.2) is 48.5 Å². The maximum Gasteiger partial charge on any atom is 0.228 e. The lowest BCUT2D eigenvalue weighted by Crippen LogP contribution is -2.34. The largest absolute Gasteiger partial charge is 0.497 e. The Bertz CT molecular complexity index is 790. The number of anilines is 1. The van der Waals surface area contributed by atoms with E-state index in [1.807, 2.05) is 36.4 Å². The summed E-state index contributed by atoms with van der Waals surface area (Å²) in [5.41, 5.74) is 1.79. The summed E-state index contributed by atoms with van der Waals surface area (Å²) in [5, 5.41) is 0.666. The summed E-state index contributed by atoms with van der Waals surface area (Å²) in [7, 11) is 3.36. The molecule has 0 saturated carbocycles. The number of hydrogen-bond donors (Lipinski definition) is 0. The van der Waals surface area contributed by atoms with Crippen LogP contribution >= 0.6 is 11.6 Å². The van der Waals surface area contributed by atoms with Gasteiger partial charge in [0.15, 0.2) is 0 Å². The lowest BCUT2D eigenvalue weighted by atomic mass is 10.1. The first kappa shape index (κ1) is 18.3. The van der Waals surface area contributed by atoms with Crippen molar-refractivity contribution >= 4 is 29.1 Å². The standard InChI is InChI=1S/C20H21ClN2O3/c1-22(12-14-3-5-16(21)6-4-14)20(25)15-11-19(24)23(13-15)17-7-9-18(26-2)10-8-17/h3-10,15H,11-13H2,1-2H3. The van der Waals surface area contributed by atoms with Crippen molar-refractivity contribution in [2.75, 3.05) is 25.6 Å². The number of nitrogens with zero attached hydrogens (tertiary/aromatic N) is 2. The quantitative estimate of drug-likeness (QED) is 0.808. The molecule has 0 aromatic heterocycles. The van der Waals surface area contributed by atoms with Crippen molar-refractivity contribution in [2.45, 2.75) is 13.0 Å². The van der Waals surface area contributed by atoms with Gasteiger partial charge in [0, 0.05) is 37.3 Å². The van der Waals surface area contributed by atoms with E-state index in [0.717, 1.165) is 17.0 Å². The second-order valence-corrected chi connectivity index (χ2v) is 6.86. The van der Waals surface area contributed by atoms with Gasteiger partial charge in [-0.25, -0.2) is 0 Å². The molecule has 1 aliphatic heterocycles. The molecule has 1 saturated heterocycles. The van der Waals surface area contributed by atoms with Crippen molar-refractivity contribution in [1.29, 1.82) is 0 Å². The number of rotatable bonds is 5. The fourth-order valence-corrected chi connectivity index (χ4v) is 3.26. The van der Waals surface area contributed by atoms with E-state index < -0.39 is 0 Å². The Morgan fingerprint density at radius 2 is 1.85 bits per heavy atom. The van der Waals surface area contributed by atoms with E-state index in [2.05, 4.69) is 0 Å². The number of methoxy groups -OCH3 is 1. The second kappa shape index (κ2) is 7.79. The molecule has 0 radical (unpaired) electrons. The van der Waals surface area contributed by atoms with Crippen molar-refractivity contribution in [3.8, 4) is 5.75 Å². The summed E-state index contributed by atoms with van der Waals surface area (Å²) in [5.74, 6) is 0.343. The third-order valence-corrected chi connectivity index (χ3v) is 4.82. The molecule has 136 valence electrons. The van der Waals surface area contributed by atoms with Gasteiger partial charge in [-0.2, -0.15) is 0 Å². The van der Waals surface area contributed by atoms with E-state index in [0.29, 0.717) is 18.1 Å². The number of carbonyl (C=O) groups is 2. The summed E-state index contributed by atoms with van der Waals surface area (Å²) in [6, 6.07) is 14.7. The van der Waals surface area contributed by atoms with Crippen LogP contribution in [-0.4, -0.2) is 37.4 Å². The average molecular weight is 373 g/mol. The number of ether oxygens (including phenoxy) is 1. The Morgan fingerprint density at radius 3 is 2.46 bits per heavy atom. The van der Waals surface area contributed by atoms with Gasteiger partial charge < -0.3 is 14.5 Å². The lowest BCUT2D eigenvalue weighted by molar-refractivity contribution is -0.135. The summed E-state index contributed by atoms with van der Waals surface area (Å²) in [6.07, 6.45) is 0.232. The first-order chi connectivity index (χ1) is 12.5. The van der Waals surface area contributed by atoms with Gasteiger partial charge in [-0.1, -0.05) is 23.7 Å². The summed E-state index contributed by atoms with van der Waals surface area (Å²) in [6.45, 7) is 0.887. The van der Waals surface area contributed by atoms with Crippen LogP contribution in [0.3, 0.4) is 0 Å². The van der Waals surface area contributed by atoms with E-state index in [9.17, 15) is 9.59 Å². The third-order valence-electron chi connectivity index (χ3n) is 4.57. The molecule has 0 spiro atoms. The van der Waals surface area contributed by atoms with Gasteiger partial charge in [0.05, 0.1) is 13.0 Å². The van der Waals surface area contributed by atoms with Crippen LogP contribution in [0.5, 0.6) is 5.75 Å². The molecule has 1 fully saturated rings. The average Bonchev–Trinajstić information content (AvgIpc) is 3.04. The third kappa shape index (κ3) is 3.99. The Hall–Kier alpha value is -2.53. The molecule has 26 heavy (non-hydrogen) atoms. The number of halogens is 1. The Kier molecular flexibility index (Phi) is 5.47. The zero-order valence-corrected chi connectivity index (χ0v) is 15.6.